The Balaban J connectivity index is 1.53. The third-order valence-corrected chi connectivity index (χ3v) is 5.69. The van der Waals surface area contributed by atoms with Crippen LogP contribution >= 0.6 is 0 Å². The fourth-order valence-electron chi connectivity index (χ4n) is 3.98. The smallest absolute Gasteiger partial charge is 0.407 e. The van der Waals surface area contributed by atoms with Crippen molar-refractivity contribution in [2.75, 3.05) is 19.0 Å². The third kappa shape index (κ3) is 6.14. The number of hydrogen-bond acceptors (Lipinski definition) is 10. The van der Waals surface area contributed by atoms with Gasteiger partial charge in [-0.15, -0.1) is 10.2 Å². The number of ether oxygens (including phenoxy) is 2. The van der Waals surface area contributed by atoms with E-state index in [4.69, 9.17) is 19.6 Å². The van der Waals surface area contributed by atoms with Gasteiger partial charge in [-0.25, -0.2) is 9.78 Å². The highest BCUT2D eigenvalue weighted by molar-refractivity contribution is 6.04. The van der Waals surface area contributed by atoms with Gasteiger partial charge in [0.05, 0.1) is 18.3 Å². The molecule has 0 bridgehead atoms. The van der Waals surface area contributed by atoms with Crippen molar-refractivity contribution in [3.63, 3.8) is 0 Å². The molecule has 15 heteroatoms. The number of nitrogens with one attached hydrogen (secondary N) is 2. The Hall–Kier alpha value is -4.95. The number of rotatable bonds is 11. The average molecular weight is 540 g/mol. The summed E-state index contributed by atoms with van der Waals surface area (Å²) in [4.78, 5) is 41.6. The van der Waals surface area contributed by atoms with Crippen molar-refractivity contribution in [1.29, 1.82) is 0 Å². The number of imidazole rings is 1. The molecule has 39 heavy (non-hydrogen) atoms. The highest BCUT2D eigenvalue weighted by Crippen LogP contribution is 2.31. The summed E-state index contributed by atoms with van der Waals surface area (Å²) < 4.78 is 19.1. The Kier molecular flexibility index (Phi) is 8.07. The van der Waals surface area contributed by atoms with Gasteiger partial charge in [-0.2, -0.15) is 5.10 Å². The molecule has 0 unspecified atom stereocenters. The van der Waals surface area contributed by atoms with Crippen LogP contribution in [0.5, 0.6) is 5.75 Å². The van der Waals surface area contributed by atoms with Gasteiger partial charge in [0, 0.05) is 32.1 Å². The number of aryl methyl sites for hydroxylation is 4. The zero-order chi connectivity index (χ0) is 28.1. The van der Waals surface area contributed by atoms with Crippen LogP contribution in [0.25, 0.3) is 11.0 Å². The number of nitrogens with two attached hydrogens (primary N) is 1. The summed E-state index contributed by atoms with van der Waals surface area (Å²) in [5.74, 6) is 0.0981. The van der Waals surface area contributed by atoms with E-state index < -0.39 is 17.9 Å². The van der Waals surface area contributed by atoms with Crippen molar-refractivity contribution >= 4 is 34.9 Å². The number of fused-ring (bicyclic) bond motifs is 1. The third-order valence-electron chi connectivity index (χ3n) is 5.69. The quantitative estimate of drug-likeness (QED) is 0.237. The monoisotopic (exact) mass is 539 g/mol. The Labute approximate surface area is 222 Å². The molecule has 0 fully saturated rings. The Morgan fingerprint density at radius 3 is 2.62 bits per heavy atom. The molecule has 206 valence electrons. The molecule has 15 nitrogen and oxygen atoms in total. The van der Waals surface area contributed by atoms with Crippen LogP contribution in [0.3, 0.4) is 0 Å². The highest BCUT2D eigenvalue weighted by atomic mass is 16.6. The first-order valence-corrected chi connectivity index (χ1v) is 12.1. The predicted molar refractivity (Wildman–Crippen MR) is 137 cm³/mol. The zero-order valence-electron chi connectivity index (χ0n) is 22.0. The second-order valence-electron chi connectivity index (χ2n) is 8.51. The maximum atomic E-state index is 13.2. The van der Waals surface area contributed by atoms with Gasteiger partial charge in [0.1, 0.15) is 17.0 Å². The van der Waals surface area contributed by atoms with Crippen LogP contribution in [0.2, 0.25) is 0 Å². The Morgan fingerprint density at radius 1 is 1.15 bits per heavy atom. The number of carbonyl (C=O) groups is 3. The normalized spacial score (nSPS) is 11.0. The molecule has 0 radical (unpaired) electrons. The molecule has 0 atom stereocenters. The lowest BCUT2D eigenvalue weighted by atomic mass is 10.1. The largest absolute Gasteiger partial charge is 0.494 e. The van der Waals surface area contributed by atoms with E-state index in [1.165, 1.54) is 19.2 Å². The van der Waals surface area contributed by atoms with E-state index in [1.54, 1.807) is 29.2 Å². The number of carbonyl (C=O) groups excluding carboxylic acids is 3. The molecule has 4 N–H and O–H groups in total. The van der Waals surface area contributed by atoms with Gasteiger partial charge in [0.2, 0.25) is 17.7 Å². The molecule has 3 aromatic heterocycles. The van der Waals surface area contributed by atoms with Gasteiger partial charge in [0.15, 0.2) is 6.61 Å². The van der Waals surface area contributed by atoms with E-state index in [9.17, 15) is 14.4 Å². The molecule has 0 aliphatic rings. The number of aromatic nitrogens is 6. The first-order valence-electron chi connectivity index (χ1n) is 12.1. The second-order valence-corrected chi connectivity index (χ2v) is 8.51. The summed E-state index contributed by atoms with van der Waals surface area (Å²) in [5, 5.41) is 17.2. The number of benzene rings is 1. The van der Waals surface area contributed by atoms with E-state index in [-0.39, 0.29) is 30.6 Å². The number of nitrogens with zero attached hydrogens (tertiary/aromatic N) is 6. The van der Waals surface area contributed by atoms with Crippen molar-refractivity contribution in [3.05, 3.63) is 46.9 Å². The molecule has 3 heterocycles. The molecular weight excluding hydrogens is 510 g/mol. The van der Waals surface area contributed by atoms with Crippen molar-refractivity contribution in [1.82, 2.24) is 34.8 Å². The number of hydrogen-bond donors (Lipinski definition) is 3. The molecule has 0 aliphatic heterocycles. The topological polar surface area (TPSA) is 194 Å². The van der Waals surface area contributed by atoms with Crippen molar-refractivity contribution in [2.45, 2.75) is 46.9 Å². The van der Waals surface area contributed by atoms with Crippen molar-refractivity contribution < 1.29 is 28.3 Å². The molecule has 0 saturated heterocycles. The zero-order valence-corrected chi connectivity index (χ0v) is 22.0. The molecule has 1 aromatic carbocycles. The predicted octanol–water partition coefficient (Wildman–Crippen LogP) is 1.93. The fourth-order valence-corrected chi connectivity index (χ4v) is 3.98. The second kappa shape index (κ2) is 11.6. The molecule has 3 amide bonds. The van der Waals surface area contributed by atoms with Crippen LogP contribution in [0.15, 0.2) is 22.6 Å². The van der Waals surface area contributed by atoms with Gasteiger partial charge < -0.3 is 29.5 Å². The lowest BCUT2D eigenvalue weighted by Gasteiger charge is -2.13. The molecule has 4 aromatic rings. The average Bonchev–Trinajstić information content (AvgIpc) is 3.60. The summed E-state index contributed by atoms with van der Waals surface area (Å²) in [6, 6.07) is 4.73. The highest BCUT2D eigenvalue weighted by Gasteiger charge is 2.21. The van der Waals surface area contributed by atoms with E-state index >= 15 is 0 Å². The lowest BCUT2D eigenvalue weighted by Crippen LogP contribution is -2.26. The summed E-state index contributed by atoms with van der Waals surface area (Å²) in [5.41, 5.74) is 7.72. The molecule has 0 saturated carbocycles. The summed E-state index contributed by atoms with van der Waals surface area (Å²) in [6.45, 7) is 6.26. The molecular formula is C24H29N9O6. The van der Waals surface area contributed by atoms with Crippen LogP contribution in [-0.2, 0) is 24.4 Å². The van der Waals surface area contributed by atoms with Gasteiger partial charge >= 0.3 is 6.09 Å². The first kappa shape index (κ1) is 27.1. The number of primary amides is 1. The standard InChI is InChI=1S/C24H29N9O6/c1-5-33-17(9-13(2)31-33)22(35)28-23-27-16-10-15(21(25)34)11-18(37-4)20(16)32(23)8-6-7-26-24(36)38-12-19-30-29-14(3)39-19/h9-11H,5-8,12H2,1-4H3,(H2,25,34)(H,26,36)(H,27,28,35). The van der Waals surface area contributed by atoms with Gasteiger partial charge in [0.25, 0.3) is 11.8 Å². The van der Waals surface area contributed by atoms with E-state index in [0.29, 0.717) is 53.6 Å². The first-order chi connectivity index (χ1) is 18.7. The van der Waals surface area contributed by atoms with Crippen LogP contribution in [0.1, 0.15) is 51.7 Å². The van der Waals surface area contributed by atoms with Crippen LogP contribution < -0.4 is 21.1 Å². The van der Waals surface area contributed by atoms with Gasteiger partial charge in [-0.05, 0) is 38.5 Å². The van der Waals surface area contributed by atoms with Crippen LogP contribution in [-0.4, -0.2) is 61.1 Å². The van der Waals surface area contributed by atoms with Crippen LogP contribution in [0, 0.1) is 13.8 Å². The maximum Gasteiger partial charge on any atom is 0.407 e. The summed E-state index contributed by atoms with van der Waals surface area (Å²) in [7, 11) is 1.46. The number of anilines is 1. The summed E-state index contributed by atoms with van der Waals surface area (Å²) in [6.07, 6.45) is -0.211. The number of alkyl carbamates (subject to hydrolysis) is 1. The Morgan fingerprint density at radius 2 is 1.95 bits per heavy atom. The van der Waals surface area contributed by atoms with Gasteiger partial charge in [-0.3, -0.25) is 19.6 Å². The van der Waals surface area contributed by atoms with Crippen LogP contribution in [0.4, 0.5) is 10.7 Å². The van der Waals surface area contributed by atoms with Gasteiger partial charge in [-0.1, -0.05) is 0 Å². The van der Waals surface area contributed by atoms with E-state index in [0.717, 1.165) is 0 Å². The SMILES string of the molecule is CCn1nc(C)cc1C(=O)Nc1nc2cc(C(N)=O)cc(OC)c2n1CCCNC(=O)OCc1nnc(C)o1. The van der Waals surface area contributed by atoms with E-state index in [2.05, 4.69) is 30.9 Å². The lowest BCUT2D eigenvalue weighted by molar-refractivity contribution is 0.0995. The van der Waals surface area contributed by atoms with E-state index in [1.807, 2.05) is 6.92 Å². The molecule has 0 aliphatic carbocycles. The summed E-state index contributed by atoms with van der Waals surface area (Å²) >= 11 is 0. The molecule has 4 rings (SSSR count). The van der Waals surface area contributed by atoms with Crippen molar-refractivity contribution in [2.24, 2.45) is 5.73 Å². The maximum absolute atomic E-state index is 13.2. The van der Waals surface area contributed by atoms with Crippen molar-refractivity contribution in [3.8, 4) is 5.75 Å². The number of amides is 3. The minimum absolute atomic E-state index is 0.151. The Bertz CT molecular complexity index is 1520. The fraction of sp³-hybridized carbons (Fsp3) is 0.375. The molecule has 0 spiro atoms. The number of methoxy groups -OCH3 is 1. The minimum Gasteiger partial charge on any atom is -0.494 e. The minimum atomic E-state index is -0.651.